The van der Waals surface area contributed by atoms with Gasteiger partial charge in [-0.15, -0.1) is 0 Å². The molecule has 3 heteroatoms. The monoisotopic (exact) mass is 224 g/mol. The number of furan rings is 1. The summed E-state index contributed by atoms with van der Waals surface area (Å²) in [4.78, 5) is 2.42. The van der Waals surface area contributed by atoms with Crippen molar-refractivity contribution < 1.29 is 4.42 Å². The van der Waals surface area contributed by atoms with Gasteiger partial charge in [-0.05, 0) is 44.0 Å². The predicted molar refractivity (Wildman–Crippen MR) is 67.1 cm³/mol. The molecule has 2 N–H and O–H groups in total. The van der Waals surface area contributed by atoms with E-state index in [0.29, 0.717) is 5.92 Å². The van der Waals surface area contributed by atoms with Gasteiger partial charge in [0.1, 0.15) is 5.76 Å². The average Bonchev–Trinajstić information content (AvgIpc) is 2.78. The third-order valence-corrected chi connectivity index (χ3v) is 2.88. The van der Waals surface area contributed by atoms with E-state index in [-0.39, 0.29) is 0 Å². The first-order valence-electron chi connectivity index (χ1n) is 6.21. The second kappa shape index (κ2) is 7.47. The molecular weight excluding hydrogens is 200 g/mol. The Morgan fingerprint density at radius 1 is 1.50 bits per heavy atom. The third-order valence-electron chi connectivity index (χ3n) is 2.88. The fraction of sp³-hybridized carbons (Fsp3) is 0.692. The van der Waals surface area contributed by atoms with Gasteiger partial charge in [-0.2, -0.15) is 0 Å². The lowest BCUT2D eigenvalue weighted by atomic mass is 10.1. The molecule has 0 saturated carbocycles. The molecule has 1 atom stereocenters. The number of hydrogen-bond donors (Lipinski definition) is 1. The minimum atomic E-state index is 0.707. The fourth-order valence-electron chi connectivity index (χ4n) is 1.93. The lowest BCUT2D eigenvalue weighted by Gasteiger charge is -2.23. The first-order chi connectivity index (χ1) is 7.76. The summed E-state index contributed by atoms with van der Waals surface area (Å²) in [6.07, 6.45) is 4.08. The van der Waals surface area contributed by atoms with Gasteiger partial charge in [0, 0.05) is 6.54 Å². The van der Waals surface area contributed by atoms with E-state index in [1.165, 1.54) is 6.42 Å². The highest BCUT2D eigenvalue weighted by molar-refractivity contribution is 4.97. The minimum absolute atomic E-state index is 0.707. The van der Waals surface area contributed by atoms with Crippen molar-refractivity contribution in [1.82, 2.24) is 4.90 Å². The Kier molecular flexibility index (Phi) is 6.19. The zero-order valence-electron chi connectivity index (χ0n) is 10.5. The Labute approximate surface area is 98.6 Å². The summed E-state index contributed by atoms with van der Waals surface area (Å²) in [5.41, 5.74) is 5.52. The van der Waals surface area contributed by atoms with Gasteiger partial charge in [0.15, 0.2) is 0 Å². The summed E-state index contributed by atoms with van der Waals surface area (Å²) in [5, 5.41) is 0. The van der Waals surface area contributed by atoms with E-state index in [9.17, 15) is 0 Å². The zero-order valence-corrected chi connectivity index (χ0v) is 10.5. The van der Waals surface area contributed by atoms with Crippen molar-refractivity contribution in [1.29, 1.82) is 0 Å². The second-order valence-corrected chi connectivity index (χ2v) is 4.44. The molecule has 0 saturated heterocycles. The predicted octanol–water partition coefficient (Wildman–Crippen LogP) is 2.48. The van der Waals surface area contributed by atoms with E-state index in [2.05, 4.69) is 18.7 Å². The van der Waals surface area contributed by atoms with Crippen LogP contribution in [0.1, 0.15) is 32.4 Å². The molecule has 0 amide bonds. The van der Waals surface area contributed by atoms with Crippen molar-refractivity contribution in [3.63, 3.8) is 0 Å². The fourth-order valence-corrected chi connectivity index (χ4v) is 1.93. The SMILES string of the molecule is CCN(Cc1ccco1)CC(C)CCCN. The standard InChI is InChI=1S/C13H24N2O/c1-3-15(10-12(2)6-4-8-14)11-13-7-5-9-16-13/h5,7,9,12H,3-4,6,8,10-11,14H2,1-2H3. The first kappa shape index (κ1) is 13.3. The van der Waals surface area contributed by atoms with Crippen molar-refractivity contribution >= 4 is 0 Å². The summed E-state index contributed by atoms with van der Waals surface area (Å²) in [6.45, 7) is 8.38. The van der Waals surface area contributed by atoms with Crippen LogP contribution in [-0.2, 0) is 6.54 Å². The Hall–Kier alpha value is -0.800. The van der Waals surface area contributed by atoms with Crippen LogP contribution < -0.4 is 5.73 Å². The summed E-state index contributed by atoms with van der Waals surface area (Å²) in [6, 6.07) is 3.98. The van der Waals surface area contributed by atoms with Gasteiger partial charge in [-0.3, -0.25) is 4.90 Å². The molecule has 1 aromatic rings. The summed E-state index contributed by atoms with van der Waals surface area (Å²) < 4.78 is 5.37. The highest BCUT2D eigenvalue weighted by Gasteiger charge is 2.10. The van der Waals surface area contributed by atoms with Crippen LogP contribution >= 0.6 is 0 Å². The van der Waals surface area contributed by atoms with Gasteiger partial charge in [0.2, 0.25) is 0 Å². The van der Waals surface area contributed by atoms with Crippen LogP contribution in [0.25, 0.3) is 0 Å². The maximum atomic E-state index is 5.52. The van der Waals surface area contributed by atoms with Crippen LogP contribution in [-0.4, -0.2) is 24.5 Å². The highest BCUT2D eigenvalue weighted by Crippen LogP contribution is 2.11. The minimum Gasteiger partial charge on any atom is -0.468 e. The molecule has 1 heterocycles. The maximum Gasteiger partial charge on any atom is 0.117 e. The Morgan fingerprint density at radius 2 is 2.31 bits per heavy atom. The lowest BCUT2D eigenvalue weighted by molar-refractivity contribution is 0.217. The van der Waals surface area contributed by atoms with E-state index < -0.39 is 0 Å². The molecule has 92 valence electrons. The van der Waals surface area contributed by atoms with E-state index in [1.807, 2.05) is 12.1 Å². The third kappa shape index (κ3) is 4.81. The molecule has 3 nitrogen and oxygen atoms in total. The Balaban J connectivity index is 2.31. The number of hydrogen-bond acceptors (Lipinski definition) is 3. The molecule has 0 aliphatic heterocycles. The Morgan fingerprint density at radius 3 is 2.88 bits per heavy atom. The molecule has 0 spiro atoms. The molecule has 1 rings (SSSR count). The number of rotatable bonds is 8. The summed E-state index contributed by atoms with van der Waals surface area (Å²) in [7, 11) is 0. The topological polar surface area (TPSA) is 42.4 Å². The molecule has 16 heavy (non-hydrogen) atoms. The van der Waals surface area contributed by atoms with Crippen LogP contribution in [0.2, 0.25) is 0 Å². The summed E-state index contributed by atoms with van der Waals surface area (Å²) >= 11 is 0. The van der Waals surface area contributed by atoms with Gasteiger partial charge in [-0.1, -0.05) is 13.8 Å². The number of nitrogens with zero attached hydrogens (tertiary/aromatic N) is 1. The molecule has 0 fully saturated rings. The quantitative estimate of drug-likeness (QED) is 0.737. The van der Waals surface area contributed by atoms with E-state index >= 15 is 0 Å². The molecule has 0 bridgehead atoms. The van der Waals surface area contributed by atoms with Gasteiger partial charge >= 0.3 is 0 Å². The van der Waals surface area contributed by atoms with E-state index in [4.69, 9.17) is 10.2 Å². The van der Waals surface area contributed by atoms with Crippen LogP contribution in [0, 0.1) is 5.92 Å². The normalized spacial score (nSPS) is 13.2. The van der Waals surface area contributed by atoms with Crippen molar-refractivity contribution in [3.8, 4) is 0 Å². The first-order valence-corrected chi connectivity index (χ1v) is 6.21. The second-order valence-electron chi connectivity index (χ2n) is 4.44. The van der Waals surface area contributed by atoms with Gasteiger partial charge in [-0.25, -0.2) is 0 Å². The van der Waals surface area contributed by atoms with Crippen LogP contribution in [0.15, 0.2) is 22.8 Å². The molecule has 0 aliphatic rings. The van der Waals surface area contributed by atoms with Gasteiger partial charge < -0.3 is 10.2 Å². The van der Waals surface area contributed by atoms with Crippen molar-refractivity contribution in [2.75, 3.05) is 19.6 Å². The largest absolute Gasteiger partial charge is 0.468 e. The van der Waals surface area contributed by atoms with Gasteiger partial charge in [0.25, 0.3) is 0 Å². The molecular formula is C13H24N2O. The van der Waals surface area contributed by atoms with Crippen LogP contribution in [0.4, 0.5) is 0 Å². The average molecular weight is 224 g/mol. The van der Waals surface area contributed by atoms with E-state index in [0.717, 1.165) is 38.4 Å². The maximum absolute atomic E-state index is 5.52. The van der Waals surface area contributed by atoms with Crippen molar-refractivity contribution in [3.05, 3.63) is 24.2 Å². The molecule has 0 aromatic carbocycles. The smallest absolute Gasteiger partial charge is 0.117 e. The molecule has 0 aliphatic carbocycles. The van der Waals surface area contributed by atoms with E-state index in [1.54, 1.807) is 6.26 Å². The molecule has 0 radical (unpaired) electrons. The number of nitrogens with two attached hydrogens (primary N) is 1. The van der Waals surface area contributed by atoms with Crippen molar-refractivity contribution in [2.24, 2.45) is 11.7 Å². The van der Waals surface area contributed by atoms with Crippen LogP contribution in [0.5, 0.6) is 0 Å². The van der Waals surface area contributed by atoms with Crippen LogP contribution in [0.3, 0.4) is 0 Å². The molecule has 1 unspecified atom stereocenters. The van der Waals surface area contributed by atoms with Crippen molar-refractivity contribution in [2.45, 2.75) is 33.2 Å². The highest BCUT2D eigenvalue weighted by atomic mass is 16.3. The summed E-state index contributed by atoms with van der Waals surface area (Å²) in [5.74, 6) is 1.76. The lowest BCUT2D eigenvalue weighted by Crippen LogP contribution is -2.28. The zero-order chi connectivity index (χ0) is 11.8. The van der Waals surface area contributed by atoms with Gasteiger partial charge in [0.05, 0.1) is 12.8 Å². The molecule has 1 aromatic heterocycles. The Bertz CT molecular complexity index is 259.